The number of nitrogens with zero attached hydrogens (tertiary/aromatic N) is 3. The Morgan fingerprint density at radius 3 is 2.25 bits per heavy atom. The van der Waals surface area contributed by atoms with E-state index in [1.54, 1.807) is 0 Å². The number of non-ortho nitro benzene ring substituents is 1. The number of carbonyl (C=O) groups is 1. The molecular weight excluding hydrogens is 455 g/mol. The van der Waals surface area contributed by atoms with Crippen molar-refractivity contribution in [3.05, 3.63) is 64.2 Å². The first-order valence-electron chi connectivity index (χ1n) is 9.31. The molecule has 0 radical (unpaired) electrons. The fourth-order valence-electron chi connectivity index (χ4n) is 3.07. The van der Waals surface area contributed by atoms with Gasteiger partial charge in [0.05, 0.1) is 15.4 Å². The summed E-state index contributed by atoms with van der Waals surface area (Å²) in [6.45, 7) is -0.367. The van der Waals surface area contributed by atoms with Crippen LogP contribution in [0.2, 0.25) is 0 Å². The number of sulfonamides is 1. The molecule has 172 valence electrons. The number of amides is 1. The van der Waals surface area contributed by atoms with E-state index < -0.39 is 39.2 Å². The maximum absolute atomic E-state index is 12.8. The van der Waals surface area contributed by atoms with Crippen LogP contribution in [-0.2, 0) is 21.0 Å². The van der Waals surface area contributed by atoms with Crippen LogP contribution >= 0.6 is 0 Å². The van der Waals surface area contributed by atoms with E-state index >= 15 is 0 Å². The van der Waals surface area contributed by atoms with E-state index in [1.165, 1.54) is 17.0 Å². The molecule has 1 amide bonds. The molecule has 9 nitrogen and oxygen atoms in total. The van der Waals surface area contributed by atoms with Gasteiger partial charge in [0.1, 0.15) is 5.75 Å². The first-order valence-corrected chi connectivity index (χ1v) is 10.7. The van der Waals surface area contributed by atoms with Crippen molar-refractivity contribution in [2.75, 3.05) is 32.8 Å². The van der Waals surface area contributed by atoms with E-state index in [2.05, 4.69) is 0 Å². The Labute approximate surface area is 181 Å². The maximum Gasteiger partial charge on any atom is 0.416 e. The molecule has 2 aromatic rings. The summed E-state index contributed by atoms with van der Waals surface area (Å²) in [5.74, 6) is -0.595. The lowest BCUT2D eigenvalue weighted by Gasteiger charge is -2.34. The summed E-state index contributed by atoms with van der Waals surface area (Å²) in [4.78, 5) is 23.7. The zero-order chi connectivity index (χ0) is 23.5. The summed E-state index contributed by atoms with van der Waals surface area (Å²) in [6, 6.07) is 8.64. The predicted molar refractivity (Wildman–Crippen MR) is 105 cm³/mol. The summed E-state index contributed by atoms with van der Waals surface area (Å²) < 4.78 is 70.0. The predicted octanol–water partition coefficient (Wildman–Crippen LogP) is 2.53. The van der Waals surface area contributed by atoms with Crippen LogP contribution in [0.3, 0.4) is 0 Å². The van der Waals surface area contributed by atoms with Gasteiger partial charge in [0.25, 0.3) is 11.6 Å². The molecule has 0 saturated carbocycles. The molecule has 0 N–H and O–H groups in total. The van der Waals surface area contributed by atoms with Gasteiger partial charge in [-0.25, -0.2) is 8.42 Å². The second kappa shape index (κ2) is 9.12. The Morgan fingerprint density at radius 1 is 1.06 bits per heavy atom. The number of carbonyl (C=O) groups excluding carboxylic acids is 1. The molecule has 0 aliphatic carbocycles. The Hall–Kier alpha value is -3.19. The smallest absolute Gasteiger partial charge is 0.416 e. The Morgan fingerprint density at radius 2 is 1.69 bits per heavy atom. The molecule has 0 atom stereocenters. The summed E-state index contributed by atoms with van der Waals surface area (Å²) in [7, 11) is -3.89. The monoisotopic (exact) mass is 473 g/mol. The number of halogens is 3. The molecule has 2 aromatic carbocycles. The quantitative estimate of drug-likeness (QED) is 0.471. The zero-order valence-electron chi connectivity index (χ0n) is 16.5. The van der Waals surface area contributed by atoms with Crippen molar-refractivity contribution < 1.29 is 36.0 Å². The van der Waals surface area contributed by atoms with E-state index in [9.17, 15) is 36.5 Å². The second-order valence-corrected chi connectivity index (χ2v) is 8.79. The van der Waals surface area contributed by atoms with E-state index in [4.69, 9.17) is 4.74 Å². The number of nitro benzene ring substituents is 1. The van der Waals surface area contributed by atoms with Crippen molar-refractivity contribution in [1.82, 2.24) is 9.21 Å². The van der Waals surface area contributed by atoms with Gasteiger partial charge in [0.15, 0.2) is 6.61 Å². The summed E-state index contributed by atoms with van der Waals surface area (Å²) in [5.41, 5.74) is -1.13. The minimum absolute atomic E-state index is 0.00534. The van der Waals surface area contributed by atoms with Crippen LogP contribution in [0.25, 0.3) is 0 Å². The first-order chi connectivity index (χ1) is 15.0. The minimum atomic E-state index is -4.53. The lowest BCUT2D eigenvalue weighted by atomic mass is 10.2. The number of ether oxygens (including phenoxy) is 1. The number of hydrogen-bond donors (Lipinski definition) is 0. The highest BCUT2D eigenvalue weighted by Gasteiger charge is 2.32. The number of piperazine rings is 1. The highest BCUT2D eigenvalue weighted by molar-refractivity contribution is 7.89. The molecule has 1 aliphatic rings. The number of nitro groups is 1. The molecule has 3 rings (SSSR count). The summed E-state index contributed by atoms with van der Waals surface area (Å²) in [5, 5.41) is 10.7. The van der Waals surface area contributed by atoms with Gasteiger partial charge >= 0.3 is 6.18 Å². The van der Waals surface area contributed by atoms with Gasteiger partial charge in [-0.05, 0) is 30.3 Å². The molecule has 0 bridgehead atoms. The highest BCUT2D eigenvalue weighted by atomic mass is 32.2. The van der Waals surface area contributed by atoms with Gasteiger partial charge in [-0.3, -0.25) is 14.9 Å². The van der Waals surface area contributed by atoms with Crippen molar-refractivity contribution in [2.45, 2.75) is 11.1 Å². The van der Waals surface area contributed by atoms with Crippen molar-refractivity contribution >= 4 is 21.6 Å². The Bertz CT molecular complexity index is 1100. The molecular formula is C19H18F3N3O6S. The van der Waals surface area contributed by atoms with Crippen LogP contribution in [0.5, 0.6) is 5.75 Å². The standard InChI is InChI=1S/C19H18F3N3O6S/c20-19(21,22)14-2-1-3-16(12-14)31-13-18(26)23-8-10-24(11-9-23)32(29,30)17-6-4-15(5-7-17)25(27)28/h1-7,12H,8-11,13H2. The van der Waals surface area contributed by atoms with Crippen LogP contribution in [0.1, 0.15) is 5.56 Å². The molecule has 32 heavy (non-hydrogen) atoms. The number of hydrogen-bond acceptors (Lipinski definition) is 6. The van der Waals surface area contributed by atoms with Crippen LogP contribution < -0.4 is 4.74 Å². The van der Waals surface area contributed by atoms with Gasteiger partial charge in [-0.2, -0.15) is 17.5 Å². The lowest BCUT2D eigenvalue weighted by Crippen LogP contribution is -2.51. The van der Waals surface area contributed by atoms with Crippen molar-refractivity contribution in [1.29, 1.82) is 0 Å². The third-order valence-corrected chi connectivity index (χ3v) is 6.71. The second-order valence-electron chi connectivity index (χ2n) is 6.85. The molecule has 13 heteroatoms. The van der Waals surface area contributed by atoms with Gasteiger partial charge < -0.3 is 9.64 Å². The number of alkyl halides is 3. The van der Waals surface area contributed by atoms with Crippen LogP contribution in [0.15, 0.2) is 53.4 Å². The molecule has 0 aromatic heterocycles. The van der Waals surface area contributed by atoms with E-state index in [0.29, 0.717) is 0 Å². The lowest BCUT2D eigenvalue weighted by molar-refractivity contribution is -0.384. The van der Waals surface area contributed by atoms with E-state index in [-0.39, 0.29) is 42.5 Å². The largest absolute Gasteiger partial charge is 0.484 e. The summed E-state index contributed by atoms with van der Waals surface area (Å²) in [6.07, 6.45) is -4.53. The Kier molecular flexibility index (Phi) is 6.69. The minimum Gasteiger partial charge on any atom is -0.484 e. The molecule has 0 spiro atoms. The van der Waals surface area contributed by atoms with Crippen molar-refractivity contribution in [3.8, 4) is 5.75 Å². The van der Waals surface area contributed by atoms with E-state index in [0.717, 1.165) is 40.7 Å². The highest BCUT2D eigenvalue weighted by Crippen LogP contribution is 2.31. The van der Waals surface area contributed by atoms with Gasteiger partial charge in [0, 0.05) is 38.3 Å². The summed E-state index contributed by atoms with van der Waals surface area (Å²) >= 11 is 0. The fourth-order valence-corrected chi connectivity index (χ4v) is 4.49. The van der Waals surface area contributed by atoms with Gasteiger partial charge in [-0.15, -0.1) is 0 Å². The topological polar surface area (TPSA) is 110 Å². The van der Waals surface area contributed by atoms with Crippen molar-refractivity contribution in [3.63, 3.8) is 0 Å². The molecule has 1 heterocycles. The van der Waals surface area contributed by atoms with Crippen LogP contribution in [0.4, 0.5) is 18.9 Å². The molecule has 1 aliphatic heterocycles. The SMILES string of the molecule is O=C(COc1cccc(C(F)(F)F)c1)N1CCN(S(=O)(=O)c2ccc([N+](=O)[O-])cc2)CC1. The Balaban J connectivity index is 1.56. The third kappa shape index (κ3) is 5.34. The maximum atomic E-state index is 12.8. The van der Waals surface area contributed by atoms with Crippen molar-refractivity contribution in [2.24, 2.45) is 0 Å². The van der Waals surface area contributed by atoms with E-state index in [1.807, 2.05) is 0 Å². The molecule has 1 saturated heterocycles. The normalized spacial score (nSPS) is 15.4. The first kappa shape index (κ1) is 23.5. The molecule has 1 fully saturated rings. The average Bonchev–Trinajstić information content (AvgIpc) is 2.77. The van der Waals surface area contributed by atoms with Gasteiger partial charge in [-0.1, -0.05) is 6.07 Å². The average molecular weight is 473 g/mol. The fraction of sp³-hybridized carbons (Fsp3) is 0.316. The zero-order valence-corrected chi connectivity index (χ0v) is 17.3. The van der Waals surface area contributed by atoms with Crippen LogP contribution in [-0.4, -0.2) is 61.2 Å². The molecule has 0 unspecified atom stereocenters. The number of benzene rings is 2. The van der Waals surface area contributed by atoms with Gasteiger partial charge in [0.2, 0.25) is 10.0 Å². The van der Waals surface area contributed by atoms with Crippen LogP contribution in [0, 0.1) is 10.1 Å². The number of rotatable bonds is 6. The third-order valence-electron chi connectivity index (χ3n) is 4.80.